The van der Waals surface area contributed by atoms with Gasteiger partial charge >= 0.3 is 39.5 Å². The van der Waals surface area contributed by atoms with Gasteiger partial charge in [-0.25, -0.2) is 9.13 Å². The Bertz CT molecular complexity index is 2070. The van der Waals surface area contributed by atoms with E-state index in [0.29, 0.717) is 31.6 Å². The first-order valence-corrected chi connectivity index (χ1v) is 45.2. The molecule has 0 aliphatic rings. The summed E-state index contributed by atoms with van der Waals surface area (Å²) in [5, 5.41) is 10.6. The summed E-state index contributed by atoms with van der Waals surface area (Å²) in [6.45, 7) is 11.9. The number of allylic oxidation sites excluding steroid dienone is 4. The fourth-order valence-electron chi connectivity index (χ4n) is 12.3. The van der Waals surface area contributed by atoms with Crippen LogP contribution in [0.4, 0.5) is 0 Å². The van der Waals surface area contributed by atoms with Crippen molar-refractivity contribution in [2.75, 3.05) is 39.6 Å². The van der Waals surface area contributed by atoms with Crippen molar-refractivity contribution in [1.82, 2.24) is 0 Å². The first-order valence-electron chi connectivity index (χ1n) is 42.2. The summed E-state index contributed by atoms with van der Waals surface area (Å²) in [6.07, 6.45) is 64.9. The lowest BCUT2D eigenvalue weighted by atomic mass is 10.0. The monoisotopic (exact) mass is 1490 g/mol. The largest absolute Gasteiger partial charge is 0.472 e. The van der Waals surface area contributed by atoms with E-state index in [2.05, 4.69) is 72.8 Å². The highest BCUT2D eigenvalue weighted by atomic mass is 31.2. The number of esters is 4. The Morgan fingerprint density at radius 2 is 0.529 bits per heavy atom. The summed E-state index contributed by atoms with van der Waals surface area (Å²) in [5.74, 6) is 0.151. The Labute approximate surface area is 624 Å². The maximum atomic E-state index is 13.1. The minimum absolute atomic E-state index is 0.0853. The molecule has 0 saturated carbocycles. The molecule has 3 unspecified atom stereocenters. The molecule has 0 aliphatic heterocycles. The van der Waals surface area contributed by atoms with E-state index in [-0.39, 0.29) is 25.7 Å². The van der Waals surface area contributed by atoms with Gasteiger partial charge in [0.25, 0.3) is 0 Å². The number of phosphoric acid groups is 2. The predicted molar refractivity (Wildman–Crippen MR) is 418 cm³/mol. The number of hydrogen-bond acceptors (Lipinski definition) is 15. The van der Waals surface area contributed by atoms with Crippen LogP contribution in [0.3, 0.4) is 0 Å². The third-order valence-electron chi connectivity index (χ3n) is 18.8. The van der Waals surface area contributed by atoms with Crippen LogP contribution in [0, 0.1) is 17.8 Å². The van der Waals surface area contributed by atoms with Crippen molar-refractivity contribution in [3.63, 3.8) is 0 Å². The molecule has 3 N–H and O–H groups in total. The van der Waals surface area contributed by atoms with Crippen molar-refractivity contribution < 1.29 is 80.2 Å². The second-order valence-corrected chi connectivity index (χ2v) is 33.5. The summed E-state index contributed by atoms with van der Waals surface area (Å²) in [6, 6.07) is 0. The molecule has 0 aromatic rings. The van der Waals surface area contributed by atoms with Gasteiger partial charge < -0.3 is 33.8 Å². The van der Waals surface area contributed by atoms with E-state index in [0.717, 1.165) is 121 Å². The molecule has 0 spiro atoms. The summed E-state index contributed by atoms with van der Waals surface area (Å²) in [5.41, 5.74) is 0. The van der Waals surface area contributed by atoms with Crippen LogP contribution in [0.15, 0.2) is 24.3 Å². The molecule has 0 bridgehead atoms. The molecule has 0 heterocycles. The third-order valence-corrected chi connectivity index (χ3v) is 20.7. The van der Waals surface area contributed by atoms with Gasteiger partial charge in [-0.05, 0) is 69.1 Å². The van der Waals surface area contributed by atoms with E-state index in [4.69, 9.17) is 37.0 Å². The molecule has 0 amide bonds. The third kappa shape index (κ3) is 75.8. The van der Waals surface area contributed by atoms with Crippen LogP contribution in [0.2, 0.25) is 0 Å². The van der Waals surface area contributed by atoms with E-state index in [1.165, 1.54) is 199 Å². The average Bonchev–Trinajstić information content (AvgIpc) is 0.909. The highest BCUT2D eigenvalue weighted by molar-refractivity contribution is 7.47. The van der Waals surface area contributed by atoms with Crippen LogP contribution in [-0.2, 0) is 65.4 Å². The lowest BCUT2D eigenvalue weighted by Crippen LogP contribution is -2.30. The molecular formula is C83H158O17P2. The fraction of sp³-hybridized carbons (Fsp3) is 0.904. The van der Waals surface area contributed by atoms with E-state index in [1.54, 1.807) is 0 Å². The topological polar surface area (TPSA) is 237 Å². The first kappa shape index (κ1) is 99.5. The fourth-order valence-corrected chi connectivity index (χ4v) is 13.9. The molecule has 0 aromatic carbocycles. The summed E-state index contributed by atoms with van der Waals surface area (Å²) in [7, 11) is -9.93. The Kier molecular flexibility index (Phi) is 71.0. The molecule has 5 atom stereocenters. The highest BCUT2D eigenvalue weighted by Crippen LogP contribution is 2.45. The van der Waals surface area contributed by atoms with Crippen LogP contribution in [0.5, 0.6) is 0 Å². The molecular weight excluding hydrogens is 1330 g/mol. The Morgan fingerprint density at radius 1 is 0.304 bits per heavy atom. The maximum Gasteiger partial charge on any atom is 0.472 e. The summed E-state index contributed by atoms with van der Waals surface area (Å²) >= 11 is 0. The number of carbonyl (C=O) groups excluding carboxylic acids is 4. The van der Waals surface area contributed by atoms with Gasteiger partial charge in [0.15, 0.2) is 12.2 Å². The molecule has 0 saturated heterocycles. The van der Waals surface area contributed by atoms with Gasteiger partial charge in [0.2, 0.25) is 0 Å². The SMILES string of the molecule is CCCCCC/C=C\C=C/CCCCCCCC(=O)O[C@H](COC(=O)CCCCCCCCCCCCCCCCCCCCC(C)C)COP(=O)(O)OCC(O)COP(=O)(O)OC[C@@H](COC(=O)CCCCCCCCC(C)C)OC(=O)CCCCCCCCCCCCCCCCC(C)C. The van der Waals surface area contributed by atoms with Crippen LogP contribution < -0.4 is 0 Å². The molecule has 0 radical (unpaired) electrons. The van der Waals surface area contributed by atoms with Crippen molar-refractivity contribution in [2.24, 2.45) is 17.8 Å². The number of aliphatic hydroxyl groups excluding tert-OH is 1. The number of carbonyl (C=O) groups is 4. The van der Waals surface area contributed by atoms with Crippen molar-refractivity contribution >= 4 is 39.5 Å². The zero-order valence-electron chi connectivity index (χ0n) is 66.6. The first-order chi connectivity index (χ1) is 49.2. The number of ether oxygens (including phenoxy) is 4. The standard InChI is InChI=1S/C83H158O17P2/c1-8-9-10-11-12-13-14-15-20-28-33-38-43-52-59-66-82(87)99-78(70-93-80(85)64-57-50-42-37-32-27-22-19-17-16-18-21-25-30-35-40-47-54-61-74(2)3)72-97-101(89,90)95-68-77(84)69-96-102(91,92)98-73-79(71-94-81(86)65-58-51-46-45-49-56-63-76(6)7)100-83(88)67-60-53-44-39-34-29-24-23-26-31-36-41-48-55-62-75(4)5/h13-15,20,74-79,84H,8-12,16-19,21-73H2,1-7H3,(H,89,90)(H,91,92)/b14-13-,20-15-/t77?,78-,79-/m1/s1. The highest BCUT2D eigenvalue weighted by Gasteiger charge is 2.30. The number of phosphoric ester groups is 2. The van der Waals surface area contributed by atoms with Gasteiger partial charge in [-0.15, -0.1) is 0 Å². The minimum Gasteiger partial charge on any atom is -0.462 e. The molecule has 17 nitrogen and oxygen atoms in total. The van der Waals surface area contributed by atoms with Gasteiger partial charge in [-0.1, -0.05) is 355 Å². The van der Waals surface area contributed by atoms with Crippen LogP contribution in [0.1, 0.15) is 408 Å². The average molecular weight is 1490 g/mol. The zero-order valence-corrected chi connectivity index (χ0v) is 68.4. The number of rotatable bonds is 79. The predicted octanol–water partition coefficient (Wildman–Crippen LogP) is 24.5. The van der Waals surface area contributed by atoms with Gasteiger partial charge in [-0.3, -0.25) is 37.3 Å². The molecule has 0 fully saturated rings. The van der Waals surface area contributed by atoms with Crippen LogP contribution >= 0.6 is 15.6 Å². The van der Waals surface area contributed by atoms with Crippen molar-refractivity contribution in [3.05, 3.63) is 24.3 Å². The Morgan fingerprint density at radius 3 is 0.794 bits per heavy atom. The lowest BCUT2D eigenvalue weighted by molar-refractivity contribution is -0.161. The van der Waals surface area contributed by atoms with E-state index >= 15 is 0 Å². The molecule has 19 heteroatoms. The quantitative estimate of drug-likeness (QED) is 0.0169. The van der Waals surface area contributed by atoms with Gasteiger partial charge in [-0.2, -0.15) is 0 Å². The molecule has 102 heavy (non-hydrogen) atoms. The smallest absolute Gasteiger partial charge is 0.462 e. The molecule has 0 aliphatic carbocycles. The second-order valence-electron chi connectivity index (χ2n) is 30.6. The van der Waals surface area contributed by atoms with E-state index in [9.17, 15) is 43.2 Å². The van der Waals surface area contributed by atoms with Crippen molar-refractivity contribution in [2.45, 2.75) is 426 Å². The van der Waals surface area contributed by atoms with Gasteiger partial charge in [0, 0.05) is 25.7 Å². The molecule has 0 aromatic heterocycles. The Hall–Kier alpha value is -2.46. The van der Waals surface area contributed by atoms with Crippen molar-refractivity contribution in [1.29, 1.82) is 0 Å². The zero-order chi connectivity index (χ0) is 75.1. The van der Waals surface area contributed by atoms with E-state index < -0.39 is 97.5 Å². The summed E-state index contributed by atoms with van der Waals surface area (Å²) in [4.78, 5) is 73.0. The van der Waals surface area contributed by atoms with Gasteiger partial charge in [0.05, 0.1) is 26.4 Å². The molecule has 602 valence electrons. The number of unbranched alkanes of at least 4 members (excludes halogenated alkanes) is 44. The van der Waals surface area contributed by atoms with E-state index in [1.807, 2.05) is 0 Å². The van der Waals surface area contributed by atoms with Crippen molar-refractivity contribution in [3.8, 4) is 0 Å². The molecule has 0 rings (SSSR count). The minimum atomic E-state index is -4.97. The van der Waals surface area contributed by atoms with Gasteiger partial charge in [0.1, 0.15) is 19.3 Å². The Balaban J connectivity index is 5.22. The summed E-state index contributed by atoms with van der Waals surface area (Å²) < 4.78 is 68.7. The lowest BCUT2D eigenvalue weighted by Gasteiger charge is -2.21. The van der Waals surface area contributed by atoms with Crippen LogP contribution in [-0.4, -0.2) is 96.7 Å². The van der Waals surface area contributed by atoms with Crippen LogP contribution in [0.25, 0.3) is 0 Å². The number of hydrogen-bond donors (Lipinski definition) is 3. The maximum absolute atomic E-state index is 13.1. The number of aliphatic hydroxyl groups is 1. The normalized spacial score (nSPS) is 14.1. The second kappa shape index (κ2) is 72.7.